The summed E-state index contributed by atoms with van der Waals surface area (Å²) >= 11 is 1.67. The van der Waals surface area contributed by atoms with Crippen LogP contribution in [0.15, 0.2) is 23.6 Å². The van der Waals surface area contributed by atoms with Crippen LogP contribution in [0, 0.1) is 20.8 Å². The van der Waals surface area contributed by atoms with Gasteiger partial charge >= 0.3 is 0 Å². The number of anilines is 1. The molecule has 1 aliphatic heterocycles. The van der Waals surface area contributed by atoms with E-state index in [0.717, 1.165) is 48.2 Å². The molecule has 134 valence electrons. The van der Waals surface area contributed by atoms with Crippen LogP contribution < -0.4 is 9.64 Å². The second kappa shape index (κ2) is 7.87. The van der Waals surface area contributed by atoms with Gasteiger partial charge in [-0.25, -0.2) is 4.98 Å². The summed E-state index contributed by atoms with van der Waals surface area (Å²) in [6, 6.07) is 6.01. The molecular weight excluding hydrogens is 334 g/mol. The number of rotatable bonds is 4. The van der Waals surface area contributed by atoms with Gasteiger partial charge in [0.05, 0.1) is 5.69 Å². The minimum absolute atomic E-state index is 0.0529. The van der Waals surface area contributed by atoms with Gasteiger partial charge in [0.2, 0.25) is 0 Å². The Bertz CT molecular complexity index is 744. The molecule has 2 heterocycles. The van der Waals surface area contributed by atoms with E-state index < -0.39 is 0 Å². The van der Waals surface area contributed by atoms with Crippen molar-refractivity contribution in [3.63, 3.8) is 0 Å². The van der Waals surface area contributed by atoms with Gasteiger partial charge in [-0.15, -0.1) is 11.3 Å². The highest BCUT2D eigenvalue weighted by atomic mass is 32.1. The molecule has 1 aromatic heterocycles. The summed E-state index contributed by atoms with van der Waals surface area (Å²) < 4.78 is 5.75. The van der Waals surface area contributed by atoms with E-state index in [-0.39, 0.29) is 12.5 Å². The van der Waals surface area contributed by atoms with Crippen LogP contribution in [0.2, 0.25) is 0 Å². The molecule has 0 N–H and O–H groups in total. The number of nitrogens with zero attached hydrogens (tertiary/aromatic N) is 3. The lowest BCUT2D eigenvalue weighted by Gasteiger charge is -2.22. The molecule has 2 aromatic rings. The van der Waals surface area contributed by atoms with Crippen molar-refractivity contribution in [2.75, 3.05) is 37.7 Å². The van der Waals surface area contributed by atoms with Crippen LogP contribution >= 0.6 is 11.3 Å². The van der Waals surface area contributed by atoms with Crippen molar-refractivity contribution in [3.05, 3.63) is 40.4 Å². The van der Waals surface area contributed by atoms with Crippen molar-refractivity contribution >= 4 is 22.4 Å². The maximum Gasteiger partial charge on any atom is 0.260 e. The third-order valence-corrected chi connectivity index (χ3v) is 5.43. The third-order valence-electron chi connectivity index (χ3n) is 4.41. The fourth-order valence-electron chi connectivity index (χ4n) is 3.04. The number of hydrogen-bond donors (Lipinski definition) is 0. The fourth-order valence-corrected chi connectivity index (χ4v) is 3.89. The molecule has 0 bridgehead atoms. The summed E-state index contributed by atoms with van der Waals surface area (Å²) in [4.78, 5) is 21.3. The van der Waals surface area contributed by atoms with Crippen molar-refractivity contribution in [2.45, 2.75) is 27.2 Å². The van der Waals surface area contributed by atoms with E-state index in [9.17, 15) is 4.79 Å². The minimum atomic E-state index is 0.0529. The number of aromatic nitrogens is 1. The summed E-state index contributed by atoms with van der Waals surface area (Å²) in [6.45, 7) is 9.42. The largest absolute Gasteiger partial charge is 0.484 e. The van der Waals surface area contributed by atoms with Crippen molar-refractivity contribution in [2.24, 2.45) is 0 Å². The smallest absolute Gasteiger partial charge is 0.260 e. The molecule has 0 unspecified atom stereocenters. The normalized spacial score (nSPS) is 15.2. The van der Waals surface area contributed by atoms with E-state index in [0.29, 0.717) is 6.54 Å². The van der Waals surface area contributed by atoms with Gasteiger partial charge in [-0.2, -0.15) is 0 Å². The highest BCUT2D eigenvalue weighted by Crippen LogP contribution is 2.22. The Kier molecular flexibility index (Phi) is 5.58. The summed E-state index contributed by atoms with van der Waals surface area (Å²) in [6.07, 6.45) is 0.952. The average Bonchev–Trinajstić information content (AvgIpc) is 2.86. The summed E-state index contributed by atoms with van der Waals surface area (Å²) in [5.41, 5.74) is 3.31. The molecule has 0 atom stereocenters. The van der Waals surface area contributed by atoms with Gasteiger partial charge in [-0.05, 0) is 38.8 Å². The number of amides is 1. The number of hydrogen-bond acceptors (Lipinski definition) is 5. The lowest BCUT2D eigenvalue weighted by Crippen LogP contribution is -2.38. The molecule has 1 fully saturated rings. The Hall–Kier alpha value is -2.08. The molecule has 0 aliphatic carbocycles. The molecule has 1 aromatic carbocycles. The zero-order valence-electron chi connectivity index (χ0n) is 15.1. The first-order chi connectivity index (χ1) is 12.0. The highest BCUT2D eigenvalue weighted by molar-refractivity contribution is 7.13. The van der Waals surface area contributed by atoms with Crippen LogP contribution in [0.4, 0.5) is 5.13 Å². The minimum Gasteiger partial charge on any atom is -0.484 e. The molecular formula is C19H25N3O2S. The third kappa shape index (κ3) is 4.51. The van der Waals surface area contributed by atoms with Gasteiger partial charge in [0.1, 0.15) is 5.75 Å². The Morgan fingerprint density at radius 3 is 2.76 bits per heavy atom. The van der Waals surface area contributed by atoms with Crippen molar-refractivity contribution in [3.8, 4) is 5.75 Å². The van der Waals surface area contributed by atoms with Crippen LogP contribution in [0.1, 0.15) is 23.2 Å². The Morgan fingerprint density at radius 2 is 2.04 bits per heavy atom. The molecule has 0 radical (unpaired) electrons. The quantitative estimate of drug-likeness (QED) is 0.841. The predicted molar refractivity (Wildman–Crippen MR) is 102 cm³/mol. The van der Waals surface area contributed by atoms with Crippen LogP contribution in [-0.4, -0.2) is 48.6 Å². The first kappa shape index (κ1) is 17.7. The number of benzene rings is 1. The van der Waals surface area contributed by atoms with Gasteiger partial charge in [0.15, 0.2) is 11.7 Å². The van der Waals surface area contributed by atoms with Crippen LogP contribution in [0.25, 0.3) is 0 Å². The van der Waals surface area contributed by atoms with E-state index in [1.165, 1.54) is 5.56 Å². The second-order valence-electron chi connectivity index (χ2n) is 6.55. The zero-order valence-corrected chi connectivity index (χ0v) is 15.9. The molecule has 6 heteroatoms. The molecule has 1 amide bonds. The number of carbonyl (C=O) groups is 1. The van der Waals surface area contributed by atoms with Crippen molar-refractivity contribution in [1.82, 2.24) is 9.88 Å². The molecule has 5 nitrogen and oxygen atoms in total. The Labute approximate surface area is 153 Å². The molecule has 0 saturated carbocycles. The average molecular weight is 359 g/mol. The van der Waals surface area contributed by atoms with E-state index in [4.69, 9.17) is 4.74 Å². The van der Waals surface area contributed by atoms with E-state index in [1.807, 2.05) is 30.9 Å². The fraction of sp³-hybridized carbons (Fsp3) is 0.474. The molecule has 3 rings (SSSR count). The molecule has 25 heavy (non-hydrogen) atoms. The van der Waals surface area contributed by atoms with Gasteiger partial charge < -0.3 is 14.5 Å². The lowest BCUT2D eigenvalue weighted by atomic mass is 10.1. The molecule has 1 aliphatic rings. The number of aryl methyl sites for hydroxylation is 3. The number of ether oxygens (including phenoxy) is 1. The molecule has 1 saturated heterocycles. The highest BCUT2D eigenvalue weighted by Gasteiger charge is 2.21. The standard InChI is InChI=1S/C19H25N3O2S/c1-14-5-6-17(15(2)11-14)24-12-18(23)21-7-4-8-22(10-9-21)19-20-16(3)13-25-19/h5-6,11,13H,4,7-10,12H2,1-3H3. The summed E-state index contributed by atoms with van der Waals surface area (Å²) in [7, 11) is 0. The van der Waals surface area contributed by atoms with Crippen LogP contribution in [0.3, 0.4) is 0 Å². The van der Waals surface area contributed by atoms with E-state index in [1.54, 1.807) is 11.3 Å². The maximum atomic E-state index is 12.5. The monoisotopic (exact) mass is 359 g/mol. The van der Waals surface area contributed by atoms with E-state index >= 15 is 0 Å². The summed E-state index contributed by atoms with van der Waals surface area (Å²) in [5, 5.41) is 3.12. The number of carbonyl (C=O) groups excluding carboxylic acids is 1. The van der Waals surface area contributed by atoms with Gasteiger partial charge in [0.25, 0.3) is 5.91 Å². The van der Waals surface area contributed by atoms with Gasteiger partial charge in [-0.3, -0.25) is 4.79 Å². The summed E-state index contributed by atoms with van der Waals surface area (Å²) in [5.74, 6) is 0.839. The van der Waals surface area contributed by atoms with Crippen LogP contribution in [-0.2, 0) is 4.79 Å². The number of thiazole rings is 1. The predicted octanol–water partition coefficient (Wildman–Crippen LogP) is 3.19. The maximum absolute atomic E-state index is 12.5. The first-order valence-corrected chi connectivity index (χ1v) is 9.56. The second-order valence-corrected chi connectivity index (χ2v) is 7.39. The lowest BCUT2D eigenvalue weighted by molar-refractivity contribution is -0.133. The van der Waals surface area contributed by atoms with Gasteiger partial charge in [0, 0.05) is 31.6 Å². The van der Waals surface area contributed by atoms with Crippen LogP contribution in [0.5, 0.6) is 5.75 Å². The SMILES string of the molecule is Cc1ccc(OCC(=O)N2CCCN(c3nc(C)cs3)CC2)c(C)c1. The first-order valence-electron chi connectivity index (χ1n) is 8.68. The van der Waals surface area contributed by atoms with Crippen molar-refractivity contribution in [1.29, 1.82) is 0 Å². The Balaban J connectivity index is 1.54. The molecule has 0 spiro atoms. The Morgan fingerprint density at radius 1 is 1.20 bits per heavy atom. The topological polar surface area (TPSA) is 45.7 Å². The van der Waals surface area contributed by atoms with Crippen molar-refractivity contribution < 1.29 is 9.53 Å². The zero-order chi connectivity index (χ0) is 17.8. The van der Waals surface area contributed by atoms with E-state index in [2.05, 4.69) is 28.3 Å². The van der Waals surface area contributed by atoms with Gasteiger partial charge in [-0.1, -0.05) is 17.7 Å².